The predicted octanol–water partition coefficient (Wildman–Crippen LogP) is 7.43. The van der Waals surface area contributed by atoms with Crippen LogP contribution in [-0.2, 0) is 20.5 Å². The Morgan fingerprint density at radius 3 is 1.87 bits per heavy atom. The van der Waals surface area contributed by atoms with E-state index in [-0.39, 0.29) is 28.2 Å². The molecule has 4 rings (SSSR count). The molecule has 1 aliphatic rings. The lowest BCUT2D eigenvalue weighted by Crippen LogP contribution is -2.67. The van der Waals surface area contributed by atoms with Crippen molar-refractivity contribution in [1.29, 1.82) is 0 Å². The lowest BCUT2D eigenvalue weighted by Gasteiger charge is -2.44. The van der Waals surface area contributed by atoms with Crippen LogP contribution in [0.15, 0.2) is 103 Å². The van der Waals surface area contributed by atoms with E-state index in [0.29, 0.717) is 13.2 Å². The van der Waals surface area contributed by atoms with Gasteiger partial charge in [-0.2, -0.15) is 0 Å². The van der Waals surface area contributed by atoms with Gasteiger partial charge < -0.3 is 13.9 Å². The standard InChI is InChI=1S/C34H43BrO3Si/c1-5-31-30(35)23-15-16-24-32(36-25-27-17-9-6-10-18-27)33(38-31)26-37-39(34(2,3)4,28-19-11-7-12-20-28)29-21-13-8-14-22-29/h6-22,30-33H,5,23-26H2,1-4H3/b16-15-/t30-,31-,32+,33-/m1/s1. The van der Waals surface area contributed by atoms with Gasteiger partial charge in [-0.3, -0.25) is 0 Å². The molecule has 1 heterocycles. The molecule has 5 heteroatoms. The van der Waals surface area contributed by atoms with Gasteiger partial charge in [0, 0.05) is 4.83 Å². The lowest BCUT2D eigenvalue weighted by atomic mass is 10.1. The van der Waals surface area contributed by atoms with Gasteiger partial charge in [-0.25, -0.2) is 0 Å². The average molecular weight is 608 g/mol. The van der Waals surface area contributed by atoms with Gasteiger partial charge in [0.25, 0.3) is 8.32 Å². The molecule has 0 spiro atoms. The summed E-state index contributed by atoms with van der Waals surface area (Å²) in [5, 5.41) is 2.45. The van der Waals surface area contributed by atoms with Crippen molar-refractivity contribution in [2.45, 2.75) is 81.7 Å². The SMILES string of the molecule is CC[C@H]1O[C@H](CO[Si](c2ccccc2)(c2ccccc2)C(C)(C)C)[C@@H](OCc2ccccc2)C/C=C\C[C@H]1Br. The van der Waals surface area contributed by atoms with E-state index in [2.05, 4.69) is 141 Å². The summed E-state index contributed by atoms with van der Waals surface area (Å²) in [7, 11) is -2.71. The molecule has 0 radical (unpaired) electrons. The molecule has 0 N–H and O–H groups in total. The zero-order chi connectivity index (χ0) is 27.7. The summed E-state index contributed by atoms with van der Waals surface area (Å²) in [5.74, 6) is 0. The number of hydrogen-bond donors (Lipinski definition) is 0. The molecular formula is C34H43BrO3Si. The molecule has 3 nitrogen and oxygen atoms in total. The molecule has 4 atom stereocenters. The zero-order valence-electron chi connectivity index (χ0n) is 23.8. The molecule has 3 aromatic rings. The Hall–Kier alpha value is -2.02. The minimum Gasteiger partial charge on any atom is -0.405 e. The van der Waals surface area contributed by atoms with Crippen LogP contribution in [0, 0.1) is 0 Å². The van der Waals surface area contributed by atoms with Gasteiger partial charge in [0.2, 0.25) is 0 Å². The van der Waals surface area contributed by atoms with Crippen molar-refractivity contribution in [3.05, 3.63) is 109 Å². The number of ether oxygens (including phenoxy) is 2. The average Bonchev–Trinajstić information content (AvgIpc) is 3.02. The Bertz CT molecular complexity index is 1110. The fourth-order valence-electron chi connectivity index (χ4n) is 5.58. The van der Waals surface area contributed by atoms with Crippen molar-refractivity contribution in [1.82, 2.24) is 0 Å². The highest BCUT2D eigenvalue weighted by molar-refractivity contribution is 9.09. The number of hydrogen-bond acceptors (Lipinski definition) is 3. The molecule has 0 fully saturated rings. The molecule has 0 amide bonds. The Balaban J connectivity index is 1.70. The molecular weight excluding hydrogens is 564 g/mol. The Labute approximate surface area is 244 Å². The molecule has 39 heavy (non-hydrogen) atoms. The first kappa shape index (κ1) is 29.9. The van der Waals surface area contributed by atoms with Gasteiger partial charge in [0.05, 0.1) is 25.4 Å². The molecule has 3 aromatic carbocycles. The van der Waals surface area contributed by atoms with Gasteiger partial charge in [0.1, 0.15) is 6.10 Å². The summed E-state index contributed by atoms with van der Waals surface area (Å²) in [5.41, 5.74) is 1.17. The van der Waals surface area contributed by atoms with Gasteiger partial charge in [-0.05, 0) is 40.2 Å². The smallest absolute Gasteiger partial charge is 0.261 e. The molecule has 0 bridgehead atoms. The van der Waals surface area contributed by atoms with Crippen LogP contribution in [0.4, 0.5) is 0 Å². The van der Waals surface area contributed by atoms with Gasteiger partial charge in [0.15, 0.2) is 0 Å². The molecule has 0 aromatic heterocycles. The summed E-state index contributed by atoms with van der Waals surface area (Å²) >= 11 is 3.90. The maximum Gasteiger partial charge on any atom is 0.261 e. The quantitative estimate of drug-likeness (QED) is 0.144. The molecule has 0 saturated carbocycles. The largest absolute Gasteiger partial charge is 0.405 e. The molecule has 0 saturated heterocycles. The number of allylic oxidation sites excluding steroid dienone is 1. The summed E-state index contributed by atoms with van der Waals surface area (Å²) in [6.45, 7) is 10.2. The van der Waals surface area contributed by atoms with Crippen LogP contribution in [0.5, 0.6) is 0 Å². The summed E-state index contributed by atoms with van der Waals surface area (Å²) in [4.78, 5) is 0.252. The Morgan fingerprint density at radius 2 is 1.33 bits per heavy atom. The number of rotatable bonds is 9. The molecule has 1 aliphatic heterocycles. The monoisotopic (exact) mass is 606 g/mol. The highest BCUT2D eigenvalue weighted by atomic mass is 79.9. The van der Waals surface area contributed by atoms with Crippen LogP contribution in [0.25, 0.3) is 0 Å². The van der Waals surface area contributed by atoms with Crippen molar-refractivity contribution in [3.63, 3.8) is 0 Å². The van der Waals surface area contributed by atoms with E-state index in [1.165, 1.54) is 15.9 Å². The van der Waals surface area contributed by atoms with E-state index in [1.54, 1.807) is 0 Å². The first-order valence-corrected chi connectivity index (χ1v) is 17.0. The Kier molecular flexibility index (Phi) is 10.8. The maximum atomic E-state index is 7.35. The van der Waals surface area contributed by atoms with Crippen LogP contribution in [0.2, 0.25) is 5.04 Å². The fourth-order valence-corrected chi connectivity index (χ4v) is 10.9. The Morgan fingerprint density at radius 1 is 0.795 bits per heavy atom. The van der Waals surface area contributed by atoms with Crippen LogP contribution in [0.3, 0.4) is 0 Å². The minimum atomic E-state index is -2.71. The van der Waals surface area contributed by atoms with Gasteiger partial charge in [-0.1, -0.05) is 147 Å². The van der Waals surface area contributed by atoms with Crippen molar-refractivity contribution < 1.29 is 13.9 Å². The van der Waals surface area contributed by atoms with Gasteiger partial charge in [-0.15, -0.1) is 0 Å². The van der Waals surface area contributed by atoms with E-state index >= 15 is 0 Å². The summed E-state index contributed by atoms with van der Waals surface area (Å²) in [6, 6.07) is 32.0. The normalized spacial score (nSPS) is 23.4. The van der Waals surface area contributed by atoms with Crippen LogP contribution in [-0.4, -0.2) is 38.1 Å². The highest BCUT2D eigenvalue weighted by Crippen LogP contribution is 2.37. The second kappa shape index (κ2) is 14.0. The van der Waals surface area contributed by atoms with Crippen molar-refractivity contribution in [3.8, 4) is 0 Å². The van der Waals surface area contributed by atoms with Crippen LogP contribution < -0.4 is 10.4 Å². The van der Waals surface area contributed by atoms with E-state index < -0.39 is 8.32 Å². The van der Waals surface area contributed by atoms with Gasteiger partial charge >= 0.3 is 0 Å². The maximum absolute atomic E-state index is 7.35. The van der Waals surface area contributed by atoms with E-state index in [4.69, 9.17) is 13.9 Å². The van der Waals surface area contributed by atoms with Crippen molar-refractivity contribution >= 4 is 34.6 Å². The predicted molar refractivity (Wildman–Crippen MR) is 169 cm³/mol. The first-order chi connectivity index (χ1) is 18.8. The first-order valence-electron chi connectivity index (χ1n) is 14.2. The third-order valence-corrected chi connectivity index (χ3v) is 13.6. The molecule has 0 unspecified atom stereocenters. The highest BCUT2D eigenvalue weighted by Gasteiger charge is 2.50. The lowest BCUT2D eigenvalue weighted by molar-refractivity contribution is -0.119. The second-order valence-electron chi connectivity index (χ2n) is 11.4. The third-order valence-electron chi connectivity index (χ3n) is 7.65. The molecule has 0 aliphatic carbocycles. The van der Waals surface area contributed by atoms with E-state index in [9.17, 15) is 0 Å². The fraction of sp³-hybridized carbons (Fsp3) is 0.412. The van der Waals surface area contributed by atoms with Crippen LogP contribution in [0.1, 0.15) is 52.5 Å². The summed E-state index contributed by atoms with van der Waals surface area (Å²) in [6.07, 6.45) is 6.91. The zero-order valence-corrected chi connectivity index (χ0v) is 26.3. The number of alkyl halides is 1. The number of benzene rings is 3. The van der Waals surface area contributed by atoms with Crippen molar-refractivity contribution in [2.24, 2.45) is 0 Å². The summed E-state index contributed by atoms with van der Waals surface area (Å²) < 4.78 is 20.9. The van der Waals surface area contributed by atoms with Crippen molar-refractivity contribution in [2.75, 3.05) is 6.61 Å². The van der Waals surface area contributed by atoms with Crippen LogP contribution >= 0.6 is 15.9 Å². The topological polar surface area (TPSA) is 27.7 Å². The molecule has 208 valence electrons. The number of halogens is 1. The van der Waals surface area contributed by atoms with E-state index in [0.717, 1.165) is 19.3 Å². The van der Waals surface area contributed by atoms with E-state index in [1.807, 2.05) is 6.07 Å². The minimum absolute atomic E-state index is 0.0725. The second-order valence-corrected chi connectivity index (χ2v) is 16.9. The third kappa shape index (κ3) is 7.39.